The third-order valence-electron chi connectivity index (χ3n) is 6.81. The molecule has 2 aromatic carbocycles. The van der Waals surface area contributed by atoms with Gasteiger partial charge >= 0.3 is 12.3 Å². The minimum absolute atomic E-state index is 0.323. The molecule has 1 fully saturated rings. The van der Waals surface area contributed by atoms with Crippen LogP contribution in [0.3, 0.4) is 0 Å². The van der Waals surface area contributed by atoms with Crippen molar-refractivity contribution in [1.82, 2.24) is 0 Å². The van der Waals surface area contributed by atoms with Crippen LogP contribution in [-0.2, 0) is 18.7 Å². The molecule has 7 heteroatoms. The van der Waals surface area contributed by atoms with Gasteiger partial charge in [0.15, 0.2) is 0 Å². The Bertz CT molecular complexity index is 898. The summed E-state index contributed by atoms with van der Waals surface area (Å²) in [6.07, 6.45) is 3.34. The van der Waals surface area contributed by atoms with Crippen LogP contribution in [0.15, 0.2) is 42.5 Å². The average Bonchev–Trinajstić information content (AvgIpc) is 2.78. The fourth-order valence-corrected chi connectivity index (χ4v) is 4.72. The van der Waals surface area contributed by atoms with Crippen LogP contribution in [0.5, 0.6) is 5.75 Å². The van der Waals surface area contributed by atoms with Crippen molar-refractivity contribution in [2.75, 3.05) is 0 Å². The molecule has 0 spiro atoms. The number of aryl methyl sites for hydroxylation is 1. The molecular formula is C27H32F6O. The lowest BCUT2D eigenvalue weighted by atomic mass is 9.78. The third kappa shape index (κ3) is 7.41. The van der Waals surface area contributed by atoms with E-state index in [1.807, 2.05) is 0 Å². The summed E-state index contributed by atoms with van der Waals surface area (Å²) in [5, 5.41) is 0. The second-order valence-electron chi connectivity index (χ2n) is 9.38. The van der Waals surface area contributed by atoms with Crippen LogP contribution in [0.4, 0.5) is 26.3 Å². The lowest BCUT2D eigenvalue weighted by Gasteiger charge is -2.28. The van der Waals surface area contributed by atoms with Crippen LogP contribution in [0, 0.1) is 17.7 Å². The number of alkyl halides is 5. The second-order valence-corrected chi connectivity index (χ2v) is 9.38. The van der Waals surface area contributed by atoms with Gasteiger partial charge in [-0.05, 0) is 54.5 Å². The number of halogens is 6. The maximum atomic E-state index is 14.5. The number of rotatable bonds is 10. The Morgan fingerprint density at radius 2 is 1.44 bits per heavy atom. The Labute approximate surface area is 197 Å². The van der Waals surface area contributed by atoms with E-state index in [4.69, 9.17) is 0 Å². The summed E-state index contributed by atoms with van der Waals surface area (Å²) in [7, 11) is 0. The summed E-state index contributed by atoms with van der Waals surface area (Å²) < 4.78 is 85.1. The lowest BCUT2D eigenvalue weighted by Crippen LogP contribution is -2.22. The smallest absolute Gasteiger partial charge is 0.426 e. The fraction of sp³-hybridized carbons (Fsp3) is 0.556. The molecule has 0 radical (unpaired) electrons. The first-order valence-electron chi connectivity index (χ1n) is 12.1. The summed E-state index contributed by atoms with van der Waals surface area (Å²) in [5.41, 5.74) is -1.02. The van der Waals surface area contributed by atoms with E-state index in [-0.39, 0.29) is 0 Å². The van der Waals surface area contributed by atoms with Gasteiger partial charge in [0.1, 0.15) is 11.6 Å². The third-order valence-corrected chi connectivity index (χ3v) is 6.81. The first-order chi connectivity index (χ1) is 16.1. The Morgan fingerprint density at radius 1 is 0.824 bits per heavy atom. The fourth-order valence-electron chi connectivity index (χ4n) is 4.72. The van der Waals surface area contributed by atoms with Crippen LogP contribution in [0.2, 0.25) is 0 Å². The van der Waals surface area contributed by atoms with Crippen LogP contribution in [0.25, 0.3) is 0 Å². The maximum Gasteiger partial charge on any atom is 0.426 e. The van der Waals surface area contributed by atoms with Gasteiger partial charge in [-0.15, -0.1) is 0 Å². The second kappa shape index (κ2) is 11.5. The van der Waals surface area contributed by atoms with Gasteiger partial charge in [-0.2, -0.15) is 22.0 Å². The van der Waals surface area contributed by atoms with Gasteiger partial charge in [0, 0.05) is 6.07 Å². The van der Waals surface area contributed by atoms with E-state index in [1.54, 1.807) is 12.1 Å². The predicted octanol–water partition coefficient (Wildman–Crippen LogP) is 9.29. The molecule has 0 unspecified atom stereocenters. The molecule has 1 aliphatic rings. The average molecular weight is 487 g/mol. The zero-order valence-corrected chi connectivity index (χ0v) is 19.4. The highest BCUT2D eigenvalue weighted by atomic mass is 19.4. The number of benzene rings is 2. The van der Waals surface area contributed by atoms with Crippen LogP contribution >= 0.6 is 0 Å². The van der Waals surface area contributed by atoms with E-state index in [1.165, 1.54) is 63.5 Å². The normalized spacial score (nSPS) is 19.3. The molecule has 188 valence electrons. The molecule has 0 saturated heterocycles. The summed E-state index contributed by atoms with van der Waals surface area (Å²) in [6, 6.07) is 7.15. The van der Waals surface area contributed by atoms with Crippen molar-refractivity contribution in [3.05, 3.63) is 65.0 Å². The highest BCUT2D eigenvalue weighted by Gasteiger charge is 2.37. The first kappa shape index (κ1) is 26.4. The molecule has 0 amide bonds. The molecule has 1 aliphatic carbocycles. The molecule has 1 nitrogen and oxygen atoms in total. The topological polar surface area (TPSA) is 9.23 Å². The van der Waals surface area contributed by atoms with E-state index in [0.29, 0.717) is 24.1 Å². The molecule has 0 heterocycles. The van der Waals surface area contributed by atoms with E-state index in [2.05, 4.69) is 11.7 Å². The lowest BCUT2D eigenvalue weighted by molar-refractivity contribution is -0.185. The van der Waals surface area contributed by atoms with Gasteiger partial charge in [-0.1, -0.05) is 70.4 Å². The van der Waals surface area contributed by atoms with Gasteiger partial charge in [0.2, 0.25) is 0 Å². The van der Waals surface area contributed by atoms with Crippen molar-refractivity contribution >= 4 is 0 Å². The summed E-state index contributed by atoms with van der Waals surface area (Å²) in [4.78, 5) is 0. The maximum absolute atomic E-state index is 14.5. The number of hydrogen-bond acceptors (Lipinski definition) is 1. The van der Waals surface area contributed by atoms with Crippen LogP contribution < -0.4 is 4.74 Å². The summed E-state index contributed by atoms with van der Waals surface area (Å²) >= 11 is 0. The van der Waals surface area contributed by atoms with Gasteiger partial charge in [-0.25, -0.2) is 4.39 Å². The molecule has 1 saturated carbocycles. The molecule has 0 atom stereocenters. The van der Waals surface area contributed by atoms with Crippen molar-refractivity contribution in [1.29, 1.82) is 0 Å². The zero-order valence-electron chi connectivity index (χ0n) is 19.4. The van der Waals surface area contributed by atoms with Crippen molar-refractivity contribution in [2.24, 2.45) is 11.8 Å². The number of ether oxygens (including phenoxy) is 1. The minimum atomic E-state index is -4.91. The molecule has 0 bridgehead atoms. The molecular weight excluding hydrogens is 454 g/mol. The predicted molar refractivity (Wildman–Crippen MR) is 120 cm³/mol. The Hall–Kier alpha value is -2.18. The monoisotopic (exact) mass is 486 g/mol. The van der Waals surface area contributed by atoms with Gasteiger partial charge in [0.25, 0.3) is 0 Å². The zero-order chi connectivity index (χ0) is 24.8. The Morgan fingerprint density at radius 3 is 2.00 bits per heavy atom. The molecule has 0 N–H and O–H groups in total. The van der Waals surface area contributed by atoms with Gasteiger partial charge in [0.05, 0.1) is 11.1 Å². The number of hydrogen-bond donors (Lipinski definition) is 0. The van der Waals surface area contributed by atoms with E-state index in [9.17, 15) is 26.3 Å². The Kier molecular flexibility index (Phi) is 8.94. The van der Waals surface area contributed by atoms with E-state index >= 15 is 0 Å². The van der Waals surface area contributed by atoms with E-state index < -0.39 is 35.0 Å². The van der Waals surface area contributed by atoms with E-state index in [0.717, 1.165) is 24.3 Å². The first-order valence-corrected chi connectivity index (χ1v) is 12.1. The largest absolute Gasteiger partial charge is 0.429 e. The van der Waals surface area contributed by atoms with Crippen molar-refractivity contribution in [3.8, 4) is 5.75 Å². The molecule has 0 aromatic heterocycles. The van der Waals surface area contributed by atoms with Gasteiger partial charge < -0.3 is 4.74 Å². The molecule has 34 heavy (non-hydrogen) atoms. The minimum Gasteiger partial charge on any atom is -0.429 e. The van der Waals surface area contributed by atoms with Crippen molar-refractivity contribution < 1.29 is 31.1 Å². The highest BCUT2D eigenvalue weighted by molar-refractivity contribution is 5.32. The SMILES string of the molecule is CCCCCC1CCC(CCc2ccc(C(F)(F)Oc3ccc(C(F)(F)F)c(F)c3)cc2)CC1. The Balaban J connectivity index is 1.50. The molecule has 0 aliphatic heterocycles. The van der Waals surface area contributed by atoms with Crippen LogP contribution in [0.1, 0.15) is 81.4 Å². The summed E-state index contributed by atoms with van der Waals surface area (Å²) in [6.45, 7) is 2.22. The van der Waals surface area contributed by atoms with Crippen molar-refractivity contribution in [3.63, 3.8) is 0 Å². The van der Waals surface area contributed by atoms with Crippen molar-refractivity contribution in [2.45, 2.75) is 83.4 Å². The van der Waals surface area contributed by atoms with Crippen LogP contribution in [-0.4, -0.2) is 0 Å². The van der Waals surface area contributed by atoms with Gasteiger partial charge in [-0.3, -0.25) is 0 Å². The quantitative estimate of drug-likeness (QED) is 0.240. The summed E-state index contributed by atoms with van der Waals surface area (Å²) in [5.74, 6) is -0.820. The standard InChI is InChI=1S/C27H32F6O/c1-2-3-4-5-19-6-8-20(9-7-19)10-11-21-12-14-22(15-13-21)27(32,33)34-23-16-17-24(25(28)18-23)26(29,30)31/h12-20H,2-11H2,1H3. The molecule has 2 aromatic rings. The number of unbranched alkanes of at least 4 members (excludes halogenated alkanes) is 2. The molecule has 3 rings (SSSR count). The highest BCUT2D eigenvalue weighted by Crippen LogP contribution is 2.37.